The number of aryl methyl sites for hydroxylation is 1. The number of rotatable bonds is 4. The fraction of sp³-hybridized carbons (Fsp3) is 0.458. The van der Waals surface area contributed by atoms with Gasteiger partial charge in [-0.1, -0.05) is 6.42 Å². The lowest BCUT2D eigenvalue weighted by Gasteiger charge is -2.23. The molecule has 3 heterocycles. The molecule has 0 amide bonds. The number of thiol groups is 1. The first-order valence-corrected chi connectivity index (χ1v) is 12.1. The van der Waals surface area contributed by atoms with Crippen molar-refractivity contribution in [2.24, 2.45) is 0 Å². The smallest absolute Gasteiger partial charge is 0.238 e. The van der Waals surface area contributed by atoms with E-state index in [0.29, 0.717) is 30.5 Å². The Labute approximate surface area is 200 Å². The van der Waals surface area contributed by atoms with Crippen molar-refractivity contribution in [1.82, 2.24) is 20.3 Å². The number of β-amino-alcohol motifs (C(OH)–C–C–N with tert-alkyl or cyclic N) is 1. The average Bonchev–Trinajstić information content (AvgIpc) is 2.86. The molecule has 5 N–H and O–H groups in total. The van der Waals surface area contributed by atoms with Crippen LogP contribution in [-0.2, 0) is 0 Å². The van der Waals surface area contributed by atoms with E-state index in [9.17, 15) is 5.11 Å². The minimum Gasteiger partial charge on any atom is -0.472 e. The summed E-state index contributed by atoms with van der Waals surface area (Å²) in [5, 5.41) is 18.0. The Morgan fingerprint density at radius 1 is 1.24 bits per heavy atom. The number of nitrogens with two attached hydrogens (primary N) is 1. The SMILES string of the molecule is CS.Cc1cc(N)cc2ncnc(Nc3cccnc3OC3CCCCC(C)(O)CNC3)c12. The van der Waals surface area contributed by atoms with E-state index in [4.69, 9.17) is 10.5 Å². The molecule has 0 bridgehead atoms. The molecule has 178 valence electrons. The van der Waals surface area contributed by atoms with Crippen molar-refractivity contribution >= 4 is 40.7 Å². The summed E-state index contributed by atoms with van der Waals surface area (Å²) in [4.78, 5) is 13.3. The molecule has 1 fully saturated rings. The number of anilines is 3. The van der Waals surface area contributed by atoms with Gasteiger partial charge >= 0.3 is 0 Å². The quantitative estimate of drug-likeness (QED) is 0.288. The maximum Gasteiger partial charge on any atom is 0.238 e. The number of nitrogens with zero attached hydrogens (tertiary/aromatic N) is 3. The number of hydrogen-bond donors (Lipinski definition) is 5. The van der Waals surface area contributed by atoms with Crippen LogP contribution in [0.3, 0.4) is 0 Å². The summed E-state index contributed by atoms with van der Waals surface area (Å²) in [6, 6.07) is 7.54. The molecule has 0 saturated carbocycles. The number of benzene rings is 1. The van der Waals surface area contributed by atoms with Crippen LogP contribution in [0.25, 0.3) is 10.9 Å². The van der Waals surface area contributed by atoms with Gasteiger partial charge in [-0.25, -0.2) is 15.0 Å². The fourth-order valence-electron chi connectivity index (χ4n) is 4.05. The number of fused-ring (bicyclic) bond motifs is 1. The molecule has 2 unspecified atom stereocenters. The van der Waals surface area contributed by atoms with Gasteiger partial charge in [-0.3, -0.25) is 0 Å². The van der Waals surface area contributed by atoms with Gasteiger partial charge in [0.25, 0.3) is 0 Å². The monoisotopic (exact) mass is 470 g/mol. The van der Waals surface area contributed by atoms with Crippen LogP contribution in [0.2, 0.25) is 0 Å². The number of nitrogen functional groups attached to an aromatic ring is 1. The summed E-state index contributed by atoms with van der Waals surface area (Å²) in [5.74, 6) is 1.21. The summed E-state index contributed by atoms with van der Waals surface area (Å²) in [6.45, 7) is 5.08. The first-order valence-electron chi connectivity index (χ1n) is 11.2. The van der Waals surface area contributed by atoms with Crippen molar-refractivity contribution in [3.63, 3.8) is 0 Å². The van der Waals surface area contributed by atoms with E-state index in [1.807, 2.05) is 38.1 Å². The molecule has 2 aromatic heterocycles. The van der Waals surface area contributed by atoms with E-state index in [2.05, 4.69) is 38.2 Å². The lowest BCUT2D eigenvalue weighted by Crippen LogP contribution is -2.40. The summed E-state index contributed by atoms with van der Waals surface area (Å²) < 4.78 is 6.30. The van der Waals surface area contributed by atoms with E-state index in [1.54, 1.807) is 12.5 Å². The second-order valence-corrected chi connectivity index (χ2v) is 8.55. The fourth-order valence-corrected chi connectivity index (χ4v) is 4.05. The minimum atomic E-state index is -0.679. The van der Waals surface area contributed by atoms with E-state index >= 15 is 0 Å². The molecule has 1 saturated heterocycles. The summed E-state index contributed by atoms with van der Waals surface area (Å²) in [6.07, 6.45) is 8.55. The molecular formula is C24H34N6O2S. The lowest BCUT2D eigenvalue weighted by atomic mass is 9.99. The zero-order valence-corrected chi connectivity index (χ0v) is 20.4. The number of aliphatic hydroxyl groups is 1. The maximum atomic E-state index is 10.4. The Hall–Kier alpha value is -2.62. The van der Waals surface area contributed by atoms with Crippen molar-refractivity contribution in [3.05, 3.63) is 42.4 Å². The second-order valence-electron chi connectivity index (χ2n) is 8.55. The van der Waals surface area contributed by atoms with Gasteiger partial charge in [-0.05, 0) is 69.2 Å². The van der Waals surface area contributed by atoms with E-state index in [0.717, 1.165) is 47.8 Å². The topological polar surface area (TPSA) is 118 Å². The first-order chi connectivity index (χ1) is 15.9. The Bertz CT molecular complexity index is 1060. The van der Waals surface area contributed by atoms with Crippen LogP contribution in [0.5, 0.6) is 5.88 Å². The van der Waals surface area contributed by atoms with Crippen LogP contribution in [0, 0.1) is 6.92 Å². The van der Waals surface area contributed by atoms with Gasteiger partial charge in [0.05, 0.1) is 11.1 Å². The number of pyridine rings is 1. The zero-order chi connectivity index (χ0) is 23.8. The van der Waals surface area contributed by atoms with Crippen LogP contribution in [0.4, 0.5) is 17.2 Å². The third-order valence-corrected chi connectivity index (χ3v) is 5.63. The lowest BCUT2D eigenvalue weighted by molar-refractivity contribution is 0.0493. The normalized spacial score (nSPS) is 21.2. The first kappa shape index (κ1) is 25.0. The predicted octanol–water partition coefficient (Wildman–Crippen LogP) is 3.87. The summed E-state index contributed by atoms with van der Waals surface area (Å²) in [5.41, 5.74) is 8.49. The molecule has 8 nitrogen and oxygen atoms in total. The van der Waals surface area contributed by atoms with Crippen molar-refractivity contribution < 1.29 is 9.84 Å². The molecule has 4 rings (SSSR count). The molecular weight excluding hydrogens is 436 g/mol. The third kappa shape index (κ3) is 6.69. The highest BCUT2D eigenvalue weighted by Crippen LogP contribution is 2.31. The van der Waals surface area contributed by atoms with Crippen molar-refractivity contribution in [1.29, 1.82) is 0 Å². The van der Waals surface area contributed by atoms with E-state index < -0.39 is 5.60 Å². The number of hydrogen-bond acceptors (Lipinski definition) is 9. The molecule has 33 heavy (non-hydrogen) atoms. The highest BCUT2D eigenvalue weighted by molar-refractivity contribution is 7.79. The van der Waals surface area contributed by atoms with Crippen LogP contribution >= 0.6 is 12.6 Å². The molecule has 3 aromatic rings. The number of aromatic nitrogens is 3. The van der Waals surface area contributed by atoms with Crippen LogP contribution in [0.1, 0.15) is 38.2 Å². The van der Waals surface area contributed by atoms with Crippen LogP contribution in [-0.4, -0.2) is 51.1 Å². The van der Waals surface area contributed by atoms with Crippen molar-refractivity contribution in [3.8, 4) is 5.88 Å². The summed E-state index contributed by atoms with van der Waals surface area (Å²) in [7, 11) is 0. The molecule has 1 aromatic carbocycles. The second kappa shape index (κ2) is 11.5. The molecule has 2 atom stereocenters. The highest BCUT2D eigenvalue weighted by Gasteiger charge is 2.23. The molecule has 0 radical (unpaired) electrons. The van der Waals surface area contributed by atoms with E-state index in [-0.39, 0.29) is 6.10 Å². The Kier molecular flexibility index (Phi) is 8.71. The maximum absolute atomic E-state index is 10.4. The van der Waals surface area contributed by atoms with Gasteiger partial charge in [0.2, 0.25) is 5.88 Å². The highest BCUT2D eigenvalue weighted by atomic mass is 32.1. The van der Waals surface area contributed by atoms with Gasteiger partial charge in [0.15, 0.2) is 0 Å². The number of nitrogens with one attached hydrogen (secondary N) is 2. The van der Waals surface area contributed by atoms with Gasteiger partial charge in [-0.2, -0.15) is 12.6 Å². The summed E-state index contributed by atoms with van der Waals surface area (Å²) >= 11 is 3.53. The Balaban J connectivity index is 0.00000149. The van der Waals surface area contributed by atoms with Gasteiger partial charge < -0.3 is 26.2 Å². The van der Waals surface area contributed by atoms with Crippen LogP contribution < -0.4 is 21.1 Å². The molecule has 9 heteroatoms. The Morgan fingerprint density at radius 3 is 2.88 bits per heavy atom. The van der Waals surface area contributed by atoms with Crippen LogP contribution in [0.15, 0.2) is 36.8 Å². The van der Waals surface area contributed by atoms with Gasteiger partial charge in [0, 0.05) is 30.4 Å². The van der Waals surface area contributed by atoms with Gasteiger partial charge in [0.1, 0.15) is 23.9 Å². The minimum absolute atomic E-state index is 0.0342. The largest absolute Gasteiger partial charge is 0.472 e. The number of ether oxygens (including phenoxy) is 1. The average molecular weight is 471 g/mol. The standard InChI is InChI=1S/C23H30N6O2.CH4S/c1-15-10-16(24)11-19-20(15)21(28-14-27-19)29-18-7-5-9-26-22(18)31-17-6-3-4-8-23(2,30)13-25-12-17;1-2/h5,7,9-11,14,17,25,30H,3-4,6,8,12-13,24H2,1-2H3,(H,27,28,29);2H,1H3. The zero-order valence-electron chi connectivity index (χ0n) is 19.5. The molecule has 1 aliphatic heterocycles. The Morgan fingerprint density at radius 2 is 2.06 bits per heavy atom. The van der Waals surface area contributed by atoms with Crippen molar-refractivity contribution in [2.45, 2.75) is 51.2 Å². The van der Waals surface area contributed by atoms with Crippen molar-refractivity contribution in [2.75, 3.05) is 30.4 Å². The van der Waals surface area contributed by atoms with Gasteiger partial charge in [-0.15, -0.1) is 0 Å². The molecule has 1 aliphatic rings. The molecule has 0 spiro atoms. The molecule has 0 aliphatic carbocycles. The van der Waals surface area contributed by atoms with E-state index in [1.165, 1.54) is 6.33 Å². The predicted molar refractivity (Wildman–Crippen MR) is 137 cm³/mol. The third-order valence-electron chi connectivity index (χ3n) is 5.63.